The lowest BCUT2D eigenvalue weighted by Gasteiger charge is -2.25. The van der Waals surface area contributed by atoms with E-state index in [1.807, 2.05) is 6.92 Å². The van der Waals surface area contributed by atoms with E-state index in [0.717, 1.165) is 38.5 Å². The van der Waals surface area contributed by atoms with Crippen LogP contribution in [0.1, 0.15) is 51.9 Å². The van der Waals surface area contributed by atoms with Crippen molar-refractivity contribution in [2.24, 2.45) is 10.2 Å². The third-order valence-electron chi connectivity index (χ3n) is 2.79. The summed E-state index contributed by atoms with van der Waals surface area (Å²) in [6.07, 6.45) is 4.51. The van der Waals surface area contributed by atoms with Crippen LogP contribution in [-0.4, -0.2) is 11.8 Å². The first-order chi connectivity index (χ1) is 7.22. The molecule has 0 N–H and O–H groups in total. The van der Waals surface area contributed by atoms with E-state index in [-0.39, 0.29) is 0 Å². The van der Waals surface area contributed by atoms with Gasteiger partial charge >= 0.3 is 0 Å². The topological polar surface area (TPSA) is 48.5 Å². The van der Waals surface area contributed by atoms with Gasteiger partial charge in [-0.3, -0.25) is 0 Å². The van der Waals surface area contributed by atoms with E-state index in [2.05, 4.69) is 16.3 Å². The average Bonchev–Trinajstić information content (AvgIpc) is 2.28. The van der Waals surface area contributed by atoms with E-state index in [9.17, 15) is 4.39 Å². The van der Waals surface area contributed by atoms with Crippen LogP contribution in [0.15, 0.2) is 10.2 Å². The molecule has 84 valence electrons. The van der Waals surface area contributed by atoms with Crippen LogP contribution >= 0.6 is 0 Å². The zero-order chi connectivity index (χ0) is 11.1. The smallest absolute Gasteiger partial charge is 0.209 e. The fraction of sp³-hybridized carbons (Fsp3) is 0.909. The van der Waals surface area contributed by atoms with Crippen LogP contribution in [0.5, 0.6) is 0 Å². The van der Waals surface area contributed by atoms with Crippen molar-refractivity contribution in [3.63, 3.8) is 0 Å². The maximum atomic E-state index is 13.1. The van der Waals surface area contributed by atoms with Gasteiger partial charge in [-0.05, 0) is 25.7 Å². The van der Waals surface area contributed by atoms with Gasteiger partial charge in [-0.15, -0.1) is 0 Å². The van der Waals surface area contributed by atoms with Crippen LogP contribution in [0.25, 0.3) is 0 Å². The molecule has 0 amide bonds. The Morgan fingerprint density at radius 2 is 2.07 bits per heavy atom. The van der Waals surface area contributed by atoms with Crippen molar-refractivity contribution in [2.75, 3.05) is 0 Å². The van der Waals surface area contributed by atoms with Gasteiger partial charge in [0.15, 0.2) is 5.54 Å². The monoisotopic (exact) mass is 211 g/mol. The molecule has 0 spiro atoms. The molecular weight excluding hydrogens is 193 g/mol. The molecule has 4 heteroatoms. The fourth-order valence-electron chi connectivity index (χ4n) is 1.84. The molecule has 0 heterocycles. The van der Waals surface area contributed by atoms with Crippen molar-refractivity contribution in [1.82, 2.24) is 0 Å². The van der Waals surface area contributed by atoms with Gasteiger partial charge in [-0.25, -0.2) is 4.39 Å². The lowest BCUT2D eigenvalue weighted by Crippen LogP contribution is -2.27. The summed E-state index contributed by atoms with van der Waals surface area (Å²) in [4.78, 5) is 0. The number of hydrogen-bond donors (Lipinski definition) is 0. The van der Waals surface area contributed by atoms with Gasteiger partial charge in [0.05, 0.1) is 6.07 Å². The second-order valence-electron chi connectivity index (χ2n) is 4.14. The van der Waals surface area contributed by atoms with Crippen molar-refractivity contribution >= 4 is 0 Å². The Labute approximate surface area is 90.4 Å². The van der Waals surface area contributed by atoms with Crippen LogP contribution in [0.4, 0.5) is 4.39 Å². The SMILES string of the molecule is CCCC(F)N=NC1(C#N)CCCCC1. The third kappa shape index (κ3) is 3.58. The minimum absolute atomic E-state index is 0.394. The normalized spacial score (nSPS) is 22.5. The minimum atomic E-state index is -1.23. The molecule has 1 fully saturated rings. The number of rotatable bonds is 4. The average molecular weight is 211 g/mol. The summed E-state index contributed by atoms with van der Waals surface area (Å²) in [5.41, 5.74) is -0.726. The van der Waals surface area contributed by atoms with Gasteiger partial charge in [0, 0.05) is 6.42 Å². The molecule has 1 atom stereocenters. The van der Waals surface area contributed by atoms with Gasteiger partial charge in [0.1, 0.15) is 0 Å². The van der Waals surface area contributed by atoms with E-state index in [1.165, 1.54) is 0 Å². The zero-order valence-corrected chi connectivity index (χ0v) is 9.25. The first-order valence-corrected chi connectivity index (χ1v) is 5.70. The Morgan fingerprint density at radius 3 is 2.60 bits per heavy atom. The van der Waals surface area contributed by atoms with Crippen LogP contribution in [0, 0.1) is 11.3 Å². The Morgan fingerprint density at radius 1 is 1.40 bits per heavy atom. The molecule has 0 aliphatic heterocycles. The van der Waals surface area contributed by atoms with E-state index in [4.69, 9.17) is 5.26 Å². The van der Waals surface area contributed by atoms with Gasteiger partial charge in [-0.2, -0.15) is 15.5 Å². The predicted octanol–water partition coefficient (Wildman–Crippen LogP) is 3.76. The highest BCUT2D eigenvalue weighted by molar-refractivity contribution is 5.07. The molecule has 15 heavy (non-hydrogen) atoms. The number of nitrogens with zero attached hydrogens (tertiary/aromatic N) is 3. The lowest BCUT2D eigenvalue weighted by molar-refractivity contribution is 0.283. The van der Waals surface area contributed by atoms with Gasteiger partial charge < -0.3 is 0 Å². The largest absolute Gasteiger partial charge is 0.220 e. The van der Waals surface area contributed by atoms with Crippen LogP contribution in [0.2, 0.25) is 0 Å². The van der Waals surface area contributed by atoms with Crippen LogP contribution < -0.4 is 0 Å². The van der Waals surface area contributed by atoms with Crippen molar-refractivity contribution in [3.8, 4) is 6.07 Å². The molecule has 1 rings (SSSR count). The molecule has 0 aromatic rings. The summed E-state index contributed by atoms with van der Waals surface area (Å²) in [7, 11) is 0. The van der Waals surface area contributed by atoms with E-state index in [1.54, 1.807) is 0 Å². The summed E-state index contributed by atoms with van der Waals surface area (Å²) >= 11 is 0. The summed E-state index contributed by atoms with van der Waals surface area (Å²) in [5, 5.41) is 16.6. The fourth-order valence-corrected chi connectivity index (χ4v) is 1.84. The maximum absolute atomic E-state index is 13.1. The minimum Gasteiger partial charge on any atom is -0.220 e. The summed E-state index contributed by atoms with van der Waals surface area (Å²) in [6, 6.07) is 2.19. The van der Waals surface area contributed by atoms with Crippen molar-refractivity contribution in [2.45, 2.75) is 63.7 Å². The van der Waals surface area contributed by atoms with E-state index < -0.39 is 11.8 Å². The highest BCUT2D eigenvalue weighted by Gasteiger charge is 2.32. The number of azo groups is 1. The molecule has 1 unspecified atom stereocenters. The van der Waals surface area contributed by atoms with Gasteiger partial charge in [-0.1, -0.05) is 19.8 Å². The van der Waals surface area contributed by atoms with Gasteiger partial charge in [0.2, 0.25) is 6.30 Å². The zero-order valence-electron chi connectivity index (χ0n) is 9.25. The second-order valence-corrected chi connectivity index (χ2v) is 4.14. The highest BCUT2D eigenvalue weighted by atomic mass is 19.1. The van der Waals surface area contributed by atoms with Crippen molar-refractivity contribution in [1.29, 1.82) is 5.26 Å². The Kier molecular flexibility index (Phi) is 4.67. The lowest BCUT2D eigenvalue weighted by atomic mass is 9.84. The first kappa shape index (κ1) is 12.1. The molecule has 1 aliphatic carbocycles. The Hall–Kier alpha value is -0.980. The standard InChI is InChI=1S/C11H18FN3/c1-2-6-10(12)14-15-11(9-13)7-4-3-5-8-11/h10H,2-8H2,1H3. The summed E-state index contributed by atoms with van der Waals surface area (Å²) in [5.74, 6) is 0. The Bertz CT molecular complexity index is 251. The molecular formula is C11H18FN3. The van der Waals surface area contributed by atoms with Crippen LogP contribution in [0.3, 0.4) is 0 Å². The number of hydrogen-bond acceptors (Lipinski definition) is 3. The molecule has 0 saturated heterocycles. The molecule has 1 aliphatic rings. The van der Waals surface area contributed by atoms with Crippen molar-refractivity contribution < 1.29 is 4.39 Å². The first-order valence-electron chi connectivity index (χ1n) is 5.70. The molecule has 0 aromatic heterocycles. The molecule has 0 radical (unpaired) electrons. The van der Waals surface area contributed by atoms with Crippen molar-refractivity contribution in [3.05, 3.63) is 0 Å². The number of nitriles is 1. The molecule has 1 saturated carbocycles. The predicted molar refractivity (Wildman–Crippen MR) is 56.1 cm³/mol. The highest BCUT2D eigenvalue weighted by Crippen LogP contribution is 2.31. The van der Waals surface area contributed by atoms with E-state index >= 15 is 0 Å². The number of alkyl halides is 1. The number of halogens is 1. The summed E-state index contributed by atoms with van der Waals surface area (Å²) < 4.78 is 13.1. The van der Waals surface area contributed by atoms with Crippen LogP contribution in [-0.2, 0) is 0 Å². The maximum Gasteiger partial charge on any atom is 0.209 e. The Balaban J connectivity index is 2.55. The molecule has 3 nitrogen and oxygen atoms in total. The molecule has 0 aromatic carbocycles. The van der Waals surface area contributed by atoms with E-state index in [0.29, 0.717) is 6.42 Å². The third-order valence-corrected chi connectivity index (χ3v) is 2.79. The second kappa shape index (κ2) is 5.79. The summed E-state index contributed by atoms with van der Waals surface area (Å²) in [6.45, 7) is 1.91. The van der Waals surface area contributed by atoms with Gasteiger partial charge in [0.25, 0.3) is 0 Å². The quantitative estimate of drug-likeness (QED) is 0.516. The molecule has 0 bridgehead atoms.